The number of anilines is 1. The van der Waals surface area contributed by atoms with Crippen LogP contribution in [0.4, 0.5) is 10.5 Å². The van der Waals surface area contributed by atoms with E-state index in [4.69, 9.17) is 4.74 Å². The molecule has 3 amide bonds. The van der Waals surface area contributed by atoms with Crippen molar-refractivity contribution in [1.82, 2.24) is 10.2 Å². The Morgan fingerprint density at radius 3 is 2.57 bits per heavy atom. The van der Waals surface area contributed by atoms with Gasteiger partial charge in [0.1, 0.15) is 5.75 Å². The number of hydrogen-bond acceptors (Lipinski definition) is 3. The molecular formula is C17H23N3O3. The lowest BCUT2D eigenvalue weighted by Gasteiger charge is -2.38. The molecule has 3 rings (SSSR count). The Balaban J connectivity index is 1.52. The average Bonchev–Trinajstić information content (AvgIpc) is 2.91. The molecule has 0 unspecified atom stereocenters. The third-order valence-electron chi connectivity index (χ3n) is 4.72. The molecule has 2 saturated heterocycles. The van der Waals surface area contributed by atoms with Crippen molar-refractivity contribution in [2.24, 2.45) is 5.41 Å². The molecule has 0 bridgehead atoms. The third-order valence-corrected chi connectivity index (χ3v) is 4.72. The zero-order valence-electron chi connectivity index (χ0n) is 13.4. The van der Waals surface area contributed by atoms with Crippen molar-refractivity contribution in [3.63, 3.8) is 0 Å². The minimum atomic E-state index is -0.0821. The summed E-state index contributed by atoms with van der Waals surface area (Å²) in [5.74, 6) is 0.932. The van der Waals surface area contributed by atoms with Gasteiger partial charge in [0.25, 0.3) is 0 Å². The molecule has 2 heterocycles. The number of piperidine rings is 1. The summed E-state index contributed by atoms with van der Waals surface area (Å²) in [5, 5.41) is 5.83. The highest BCUT2D eigenvalue weighted by molar-refractivity contribution is 5.89. The van der Waals surface area contributed by atoms with Crippen LogP contribution in [0, 0.1) is 5.41 Å². The van der Waals surface area contributed by atoms with Gasteiger partial charge in [-0.05, 0) is 49.4 Å². The summed E-state index contributed by atoms with van der Waals surface area (Å²) in [4.78, 5) is 25.6. The van der Waals surface area contributed by atoms with Gasteiger partial charge < -0.3 is 20.3 Å². The first kappa shape index (κ1) is 15.6. The van der Waals surface area contributed by atoms with Crippen LogP contribution >= 0.6 is 0 Å². The van der Waals surface area contributed by atoms with Crippen molar-refractivity contribution >= 4 is 17.6 Å². The largest absolute Gasteiger partial charge is 0.494 e. The van der Waals surface area contributed by atoms with Gasteiger partial charge >= 0.3 is 6.03 Å². The Kier molecular flexibility index (Phi) is 4.41. The van der Waals surface area contributed by atoms with Crippen molar-refractivity contribution in [3.8, 4) is 5.75 Å². The standard InChI is InChI=1S/C17H23N3O3/c1-2-23-14-5-3-13(4-6-14)19-16(22)20-9-7-17(8-10-20)11-15(21)18-12-17/h3-6H,2,7-12H2,1H3,(H,18,21)(H,19,22). The normalized spacial score (nSPS) is 19.5. The van der Waals surface area contributed by atoms with E-state index in [1.54, 1.807) is 0 Å². The molecule has 124 valence electrons. The molecule has 23 heavy (non-hydrogen) atoms. The Bertz CT molecular complexity index is 577. The monoisotopic (exact) mass is 317 g/mol. The second-order valence-corrected chi connectivity index (χ2v) is 6.33. The van der Waals surface area contributed by atoms with Crippen LogP contribution in [0.1, 0.15) is 26.2 Å². The number of carbonyl (C=O) groups is 2. The predicted molar refractivity (Wildman–Crippen MR) is 87.5 cm³/mol. The van der Waals surface area contributed by atoms with Crippen LogP contribution in [-0.4, -0.2) is 43.1 Å². The molecule has 0 atom stereocenters. The maximum Gasteiger partial charge on any atom is 0.321 e. The van der Waals surface area contributed by atoms with Crippen molar-refractivity contribution in [1.29, 1.82) is 0 Å². The number of amides is 3. The Morgan fingerprint density at radius 2 is 2.00 bits per heavy atom. The maximum absolute atomic E-state index is 12.3. The fraction of sp³-hybridized carbons (Fsp3) is 0.529. The number of carbonyl (C=O) groups excluding carboxylic acids is 2. The van der Waals surface area contributed by atoms with E-state index in [0.29, 0.717) is 26.1 Å². The van der Waals surface area contributed by atoms with Gasteiger partial charge in [-0.3, -0.25) is 4.79 Å². The third kappa shape index (κ3) is 3.57. The lowest BCUT2D eigenvalue weighted by atomic mass is 9.78. The summed E-state index contributed by atoms with van der Waals surface area (Å²) in [6.45, 7) is 4.70. The van der Waals surface area contributed by atoms with Crippen LogP contribution in [0.15, 0.2) is 24.3 Å². The predicted octanol–water partition coefficient (Wildman–Crippen LogP) is 2.22. The fourth-order valence-corrected chi connectivity index (χ4v) is 3.29. The molecule has 2 N–H and O–H groups in total. The molecule has 0 aromatic heterocycles. The molecule has 1 spiro atoms. The molecule has 0 saturated carbocycles. The van der Waals surface area contributed by atoms with Crippen molar-refractivity contribution < 1.29 is 14.3 Å². The van der Waals surface area contributed by atoms with Crippen LogP contribution in [0.2, 0.25) is 0 Å². The highest BCUT2D eigenvalue weighted by Crippen LogP contribution is 2.37. The minimum Gasteiger partial charge on any atom is -0.494 e. The van der Waals surface area contributed by atoms with E-state index in [1.165, 1.54) is 0 Å². The number of urea groups is 1. The summed E-state index contributed by atoms with van der Waals surface area (Å²) in [6.07, 6.45) is 2.35. The molecule has 2 fully saturated rings. The average molecular weight is 317 g/mol. The maximum atomic E-state index is 12.3. The van der Waals surface area contributed by atoms with Gasteiger partial charge in [0.15, 0.2) is 0 Å². The van der Waals surface area contributed by atoms with E-state index in [1.807, 2.05) is 36.1 Å². The first-order valence-corrected chi connectivity index (χ1v) is 8.16. The van der Waals surface area contributed by atoms with Crippen LogP contribution < -0.4 is 15.4 Å². The first-order chi connectivity index (χ1) is 11.1. The summed E-state index contributed by atoms with van der Waals surface area (Å²) >= 11 is 0. The molecule has 0 radical (unpaired) electrons. The highest BCUT2D eigenvalue weighted by atomic mass is 16.5. The Labute approximate surface area is 136 Å². The van der Waals surface area contributed by atoms with Crippen LogP contribution in [0.3, 0.4) is 0 Å². The van der Waals surface area contributed by atoms with E-state index < -0.39 is 0 Å². The summed E-state index contributed by atoms with van der Waals surface area (Å²) in [6, 6.07) is 7.29. The van der Waals surface area contributed by atoms with Crippen LogP contribution in [-0.2, 0) is 4.79 Å². The number of likely N-dealkylation sites (tertiary alicyclic amines) is 1. The fourth-order valence-electron chi connectivity index (χ4n) is 3.29. The lowest BCUT2D eigenvalue weighted by Crippen LogP contribution is -2.45. The Morgan fingerprint density at radius 1 is 1.30 bits per heavy atom. The molecule has 6 heteroatoms. The summed E-state index contributed by atoms with van der Waals surface area (Å²) in [5.41, 5.74) is 0.823. The van der Waals surface area contributed by atoms with Gasteiger partial charge in [0, 0.05) is 31.7 Å². The van der Waals surface area contributed by atoms with Gasteiger partial charge in [-0.1, -0.05) is 0 Å². The second-order valence-electron chi connectivity index (χ2n) is 6.33. The van der Waals surface area contributed by atoms with E-state index in [2.05, 4.69) is 10.6 Å². The van der Waals surface area contributed by atoms with Crippen molar-refractivity contribution in [2.45, 2.75) is 26.2 Å². The van der Waals surface area contributed by atoms with Crippen molar-refractivity contribution in [2.75, 3.05) is 31.6 Å². The number of benzene rings is 1. The minimum absolute atomic E-state index is 0.0625. The zero-order chi connectivity index (χ0) is 16.3. The van der Waals surface area contributed by atoms with Crippen LogP contribution in [0.25, 0.3) is 0 Å². The zero-order valence-corrected chi connectivity index (χ0v) is 13.4. The quantitative estimate of drug-likeness (QED) is 0.898. The lowest BCUT2D eigenvalue weighted by molar-refractivity contribution is -0.119. The molecule has 2 aliphatic heterocycles. The van der Waals surface area contributed by atoms with Gasteiger partial charge in [0.2, 0.25) is 5.91 Å². The van der Waals surface area contributed by atoms with Crippen LogP contribution in [0.5, 0.6) is 5.75 Å². The summed E-state index contributed by atoms with van der Waals surface area (Å²) in [7, 11) is 0. The number of nitrogens with one attached hydrogen (secondary N) is 2. The molecule has 2 aliphatic rings. The number of hydrogen-bond donors (Lipinski definition) is 2. The first-order valence-electron chi connectivity index (χ1n) is 8.16. The number of ether oxygens (including phenoxy) is 1. The van der Waals surface area contributed by atoms with Gasteiger partial charge in [-0.15, -0.1) is 0 Å². The van der Waals surface area contributed by atoms with Gasteiger partial charge in [-0.2, -0.15) is 0 Å². The van der Waals surface area contributed by atoms with Crippen molar-refractivity contribution in [3.05, 3.63) is 24.3 Å². The molecule has 1 aromatic rings. The highest BCUT2D eigenvalue weighted by Gasteiger charge is 2.41. The SMILES string of the molecule is CCOc1ccc(NC(=O)N2CCC3(CC2)CNC(=O)C3)cc1. The molecule has 1 aromatic carbocycles. The van der Waals surface area contributed by atoms with Gasteiger partial charge in [-0.25, -0.2) is 4.79 Å². The number of nitrogens with zero attached hydrogens (tertiary/aromatic N) is 1. The molecule has 0 aliphatic carbocycles. The van der Waals surface area contributed by atoms with E-state index in [0.717, 1.165) is 30.8 Å². The molecule has 6 nitrogen and oxygen atoms in total. The second kappa shape index (κ2) is 6.48. The smallest absolute Gasteiger partial charge is 0.321 e. The molecular weight excluding hydrogens is 294 g/mol. The number of rotatable bonds is 3. The van der Waals surface area contributed by atoms with E-state index >= 15 is 0 Å². The summed E-state index contributed by atoms with van der Waals surface area (Å²) < 4.78 is 5.39. The van der Waals surface area contributed by atoms with E-state index in [-0.39, 0.29) is 17.4 Å². The van der Waals surface area contributed by atoms with Gasteiger partial charge in [0.05, 0.1) is 6.61 Å². The Hall–Kier alpha value is -2.24. The topological polar surface area (TPSA) is 70.7 Å². The van der Waals surface area contributed by atoms with E-state index in [9.17, 15) is 9.59 Å².